The van der Waals surface area contributed by atoms with Crippen LogP contribution in [0.5, 0.6) is 5.75 Å². The molecule has 0 spiro atoms. The maximum Gasteiger partial charge on any atom is 0.259 e. The Kier molecular flexibility index (Phi) is 6.99. The van der Waals surface area contributed by atoms with E-state index in [0.29, 0.717) is 17.7 Å². The lowest BCUT2D eigenvalue weighted by Crippen LogP contribution is -2.30. The predicted molar refractivity (Wildman–Crippen MR) is 107 cm³/mol. The normalized spacial score (nSPS) is 11.6. The van der Waals surface area contributed by atoms with Crippen LogP contribution in [0.1, 0.15) is 46.4 Å². The molecule has 0 aliphatic heterocycles. The molecule has 1 unspecified atom stereocenters. The van der Waals surface area contributed by atoms with Crippen LogP contribution in [0.25, 0.3) is 0 Å². The van der Waals surface area contributed by atoms with Gasteiger partial charge in [0, 0.05) is 25.2 Å². The zero-order valence-corrected chi connectivity index (χ0v) is 16.7. The number of hydrogen-bond acceptors (Lipinski definition) is 3. The molecule has 0 aromatic heterocycles. The second kappa shape index (κ2) is 9.21. The summed E-state index contributed by atoms with van der Waals surface area (Å²) in [4.78, 5) is 26.1. The first kappa shape index (κ1) is 20.5. The van der Waals surface area contributed by atoms with E-state index in [4.69, 9.17) is 4.74 Å². The summed E-state index contributed by atoms with van der Waals surface area (Å²) in [7, 11) is 3.38. The van der Waals surface area contributed by atoms with E-state index in [0.717, 1.165) is 16.7 Å². The predicted octanol–water partition coefficient (Wildman–Crippen LogP) is 3.65. The standard InChI is InChI=1S/C22H28N2O3/c1-6-19(23-22(26)17-12-11-15(2)13-16(17)3)18-9-7-8-10-20(18)27-14-21(25)24(4)5/h7-13,19H,6,14H2,1-5H3,(H,23,26). The van der Waals surface area contributed by atoms with Crippen LogP contribution in [0.4, 0.5) is 0 Å². The van der Waals surface area contributed by atoms with Gasteiger partial charge in [0.15, 0.2) is 6.61 Å². The fourth-order valence-electron chi connectivity index (χ4n) is 2.87. The second-order valence-electron chi connectivity index (χ2n) is 6.87. The van der Waals surface area contributed by atoms with E-state index in [1.54, 1.807) is 14.1 Å². The SMILES string of the molecule is CCC(NC(=O)c1ccc(C)cc1C)c1ccccc1OCC(=O)N(C)C. The maximum absolute atomic E-state index is 12.8. The summed E-state index contributed by atoms with van der Waals surface area (Å²) in [5, 5.41) is 3.10. The van der Waals surface area contributed by atoms with Crippen LogP contribution >= 0.6 is 0 Å². The van der Waals surface area contributed by atoms with Crippen LogP contribution in [-0.2, 0) is 4.79 Å². The lowest BCUT2D eigenvalue weighted by molar-refractivity contribution is -0.130. The Morgan fingerprint density at radius 3 is 2.44 bits per heavy atom. The van der Waals surface area contributed by atoms with E-state index in [9.17, 15) is 9.59 Å². The van der Waals surface area contributed by atoms with E-state index in [1.165, 1.54) is 4.90 Å². The van der Waals surface area contributed by atoms with E-state index >= 15 is 0 Å². The summed E-state index contributed by atoms with van der Waals surface area (Å²) in [5.41, 5.74) is 3.61. The van der Waals surface area contributed by atoms with Crippen LogP contribution in [0.3, 0.4) is 0 Å². The molecule has 0 saturated heterocycles. The monoisotopic (exact) mass is 368 g/mol. The van der Waals surface area contributed by atoms with Crippen molar-refractivity contribution in [2.45, 2.75) is 33.2 Å². The van der Waals surface area contributed by atoms with Crippen LogP contribution in [0.15, 0.2) is 42.5 Å². The molecule has 2 amide bonds. The van der Waals surface area contributed by atoms with Gasteiger partial charge in [0.05, 0.1) is 6.04 Å². The molecule has 0 radical (unpaired) electrons. The summed E-state index contributed by atoms with van der Waals surface area (Å²) in [6, 6.07) is 13.1. The zero-order valence-electron chi connectivity index (χ0n) is 16.7. The number of ether oxygens (including phenoxy) is 1. The Morgan fingerprint density at radius 1 is 1.11 bits per heavy atom. The van der Waals surface area contributed by atoms with Crippen molar-refractivity contribution < 1.29 is 14.3 Å². The number of carbonyl (C=O) groups excluding carboxylic acids is 2. The minimum Gasteiger partial charge on any atom is -0.483 e. The quantitative estimate of drug-likeness (QED) is 0.811. The van der Waals surface area contributed by atoms with Gasteiger partial charge >= 0.3 is 0 Å². The number of hydrogen-bond donors (Lipinski definition) is 1. The summed E-state index contributed by atoms with van der Waals surface area (Å²) in [6.45, 7) is 5.92. The molecule has 1 atom stereocenters. The van der Waals surface area contributed by atoms with Crippen LogP contribution in [0, 0.1) is 13.8 Å². The minimum atomic E-state index is -0.205. The number of amides is 2. The second-order valence-corrected chi connectivity index (χ2v) is 6.87. The highest BCUT2D eigenvalue weighted by Gasteiger charge is 2.19. The van der Waals surface area contributed by atoms with Gasteiger partial charge in [-0.2, -0.15) is 0 Å². The summed E-state index contributed by atoms with van der Waals surface area (Å²) in [5.74, 6) is 0.385. The fourth-order valence-corrected chi connectivity index (χ4v) is 2.87. The third-order valence-corrected chi connectivity index (χ3v) is 4.48. The number of aryl methyl sites for hydroxylation is 2. The molecular formula is C22H28N2O3. The van der Waals surface area contributed by atoms with Crippen molar-refractivity contribution >= 4 is 11.8 Å². The lowest BCUT2D eigenvalue weighted by atomic mass is 10.0. The first-order valence-electron chi connectivity index (χ1n) is 9.13. The van der Waals surface area contributed by atoms with Gasteiger partial charge in [-0.1, -0.05) is 42.8 Å². The molecule has 0 bridgehead atoms. The van der Waals surface area contributed by atoms with Gasteiger partial charge in [0.25, 0.3) is 11.8 Å². The number of para-hydroxylation sites is 1. The molecule has 0 fully saturated rings. The van der Waals surface area contributed by atoms with Gasteiger partial charge in [-0.3, -0.25) is 9.59 Å². The zero-order chi connectivity index (χ0) is 20.0. The van der Waals surface area contributed by atoms with Gasteiger partial charge in [-0.25, -0.2) is 0 Å². The van der Waals surface area contributed by atoms with E-state index in [2.05, 4.69) is 5.32 Å². The third-order valence-electron chi connectivity index (χ3n) is 4.48. The number of likely N-dealkylation sites (N-methyl/N-ethyl adjacent to an activating group) is 1. The molecule has 27 heavy (non-hydrogen) atoms. The van der Waals surface area contributed by atoms with Crippen molar-refractivity contribution in [3.8, 4) is 5.75 Å². The summed E-state index contributed by atoms with van der Waals surface area (Å²) >= 11 is 0. The highest BCUT2D eigenvalue weighted by atomic mass is 16.5. The van der Waals surface area contributed by atoms with Gasteiger partial charge < -0.3 is 15.0 Å². The Morgan fingerprint density at radius 2 is 1.81 bits per heavy atom. The fraction of sp³-hybridized carbons (Fsp3) is 0.364. The topological polar surface area (TPSA) is 58.6 Å². The van der Waals surface area contributed by atoms with Crippen molar-refractivity contribution in [3.05, 3.63) is 64.7 Å². The summed E-state index contributed by atoms with van der Waals surface area (Å²) < 4.78 is 5.73. The molecule has 5 nitrogen and oxygen atoms in total. The molecule has 0 saturated carbocycles. The molecule has 2 aromatic rings. The van der Waals surface area contributed by atoms with E-state index < -0.39 is 0 Å². The Hall–Kier alpha value is -2.82. The molecule has 0 heterocycles. The molecular weight excluding hydrogens is 340 g/mol. The first-order valence-corrected chi connectivity index (χ1v) is 9.13. The highest BCUT2D eigenvalue weighted by Crippen LogP contribution is 2.28. The molecule has 2 rings (SSSR count). The minimum absolute atomic E-state index is 0.0362. The van der Waals surface area contributed by atoms with E-state index in [-0.39, 0.29) is 24.5 Å². The van der Waals surface area contributed by atoms with Crippen molar-refractivity contribution in [3.63, 3.8) is 0 Å². The molecule has 0 aliphatic carbocycles. The molecule has 0 aliphatic rings. The number of benzene rings is 2. The highest BCUT2D eigenvalue weighted by molar-refractivity contribution is 5.96. The summed E-state index contributed by atoms with van der Waals surface area (Å²) in [6.07, 6.45) is 0.707. The average molecular weight is 368 g/mol. The number of carbonyl (C=O) groups is 2. The van der Waals surface area contributed by atoms with Gasteiger partial charge in [0.2, 0.25) is 0 Å². The van der Waals surface area contributed by atoms with Crippen molar-refractivity contribution in [1.82, 2.24) is 10.2 Å². The molecule has 2 aromatic carbocycles. The maximum atomic E-state index is 12.8. The van der Waals surface area contributed by atoms with Crippen LogP contribution < -0.4 is 10.1 Å². The third kappa shape index (κ3) is 5.33. The molecule has 144 valence electrons. The largest absolute Gasteiger partial charge is 0.483 e. The van der Waals surface area contributed by atoms with Crippen molar-refractivity contribution in [1.29, 1.82) is 0 Å². The van der Waals surface area contributed by atoms with Crippen LogP contribution in [0.2, 0.25) is 0 Å². The van der Waals surface area contributed by atoms with Gasteiger partial charge in [-0.15, -0.1) is 0 Å². The lowest BCUT2D eigenvalue weighted by Gasteiger charge is -2.21. The molecule has 5 heteroatoms. The first-order chi connectivity index (χ1) is 12.8. The Balaban J connectivity index is 2.19. The molecule has 1 N–H and O–H groups in total. The van der Waals surface area contributed by atoms with Crippen LogP contribution in [-0.4, -0.2) is 37.4 Å². The average Bonchev–Trinajstić information content (AvgIpc) is 2.64. The Labute approximate surface area is 161 Å². The smallest absolute Gasteiger partial charge is 0.259 e. The van der Waals surface area contributed by atoms with Crippen molar-refractivity contribution in [2.24, 2.45) is 0 Å². The number of nitrogens with one attached hydrogen (secondary N) is 1. The van der Waals surface area contributed by atoms with Gasteiger partial charge in [-0.05, 0) is 38.0 Å². The number of nitrogens with zero attached hydrogens (tertiary/aromatic N) is 1. The Bertz CT molecular complexity index is 815. The van der Waals surface area contributed by atoms with E-state index in [1.807, 2.05) is 63.2 Å². The number of rotatable bonds is 7. The van der Waals surface area contributed by atoms with Crippen molar-refractivity contribution in [2.75, 3.05) is 20.7 Å². The van der Waals surface area contributed by atoms with Gasteiger partial charge in [0.1, 0.15) is 5.75 Å².